The van der Waals surface area contributed by atoms with E-state index in [9.17, 15) is 13.2 Å². The second-order valence-electron chi connectivity index (χ2n) is 6.67. The summed E-state index contributed by atoms with van der Waals surface area (Å²) < 4.78 is 26.8. The Morgan fingerprint density at radius 2 is 1.63 bits per heavy atom. The lowest BCUT2D eigenvalue weighted by atomic mass is 10.1. The van der Waals surface area contributed by atoms with Crippen LogP contribution in [0.15, 0.2) is 53.4 Å². The fourth-order valence-corrected chi connectivity index (χ4v) is 3.87. The van der Waals surface area contributed by atoms with Gasteiger partial charge in [-0.25, -0.2) is 13.1 Å². The van der Waals surface area contributed by atoms with Crippen molar-refractivity contribution in [2.24, 2.45) is 0 Å². The zero-order valence-electron chi connectivity index (χ0n) is 16.1. The summed E-state index contributed by atoms with van der Waals surface area (Å²) in [6.07, 6.45) is 0.873. The van der Waals surface area contributed by atoms with E-state index in [1.807, 2.05) is 24.3 Å². The number of benzene rings is 2. The summed E-state index contributed by atoms with van der Waals surface area (Å²) in [6, 6.07) is 13.4. The second kappa shape index (κ2) is 9.01. The summed E-state index contributed by atoms with van der Waals surface area (Å²) in [7, 11) is -3.54. The van der Waals surface area contributed by atoms with Gasteiger partial charge < -0.3 is 10.6 Å². The quantitative estimate of drug-likeness (QED) is 0.646. The van der Waals surface area contributed by atoms with Crippen LogP contribution in [-0.2, 0) is 21.2 Å². The monoisotopic (exact) mass is 389 g/mol. The number of carbonyl (C=O) groups excluding carboxylic acids is 1. The first-order valence-electron chi connectivity index (χ1n) is 9.00. The number of hydrogen-bond donors (Lipinski definition) is 3. The molecule has 6 nitrogen and oxygen atoms in total. The van der Waals surface area contributed by atoms with Crippen LogP contribution in [-0.4, -0.2) is 26.4 Å². The first kappa shape index (κ1) is 20.9. The number of anilines is 2. The first-order valence-corrected chi connectivity index (χ1v) is 10.5. The largest absolute Gasteiger partial charge is 0.374 e. The van der Waals surface area contributed by atoms with E-state index in [4.69, 9.17) is 0 Å². The smallest absolute Gasteiger partial charge is 0.246 e. The molecule has 0 radical (unpaired) electrons. The van der Waals surface area contributed by atoms with E-state index in [-0.39, 0.29) is 16.8 Å². The van der Waals surface area contributed by atoms with E-state index >= 15 is 0 Å². The Morgan fingerprint density at radius 3 is 2.22 bits per heavy atom. The lowest BCUT2D eigenvalue weighted by molar-refractivity contribution is -0.116. The molecule has 146 valence electrons. The van der Waals surface area contributed by atoms with Crippen LogP contribution in [0.5, 0.6) is 0 Å². The van der Waals surface area contributed by atoms with Crippen LogP contribution in [0.4, 0.5) is 11.4 Å². The third-order valence-corrected chi connectivity index (χ3v) is 5.66. The van der Waals surface area contributed by atoms with E-state index in [0.29, 0.717) is 5.69 Å². The summed E-state index contributed by atoms with van der Waals surface area (Å²) in [4.78, 5) is 12.6. The minimum absolute atomic E-state index is 0.164. The number of sulfonamides is 1. The van der Waals surface area contributed by atoms with Gasteiger partial charge in [-0.05, 0) is 63.1 Å². The summed E-state index contributed by atoms with van der Waals surface area (Å²) in [5, 5.41) is 6.02. The van der Waals surface area contributed by atoms with Gasteiger partial charge in [-0.2, -0.15) is 0 Å². The highest BCUT2D eigenvalue weighted by Gasteiger charge is 2.17. The lowest BCUT2D eigenvalue weighted by Crippen LogP contribution is -2.32. The third kappa shape index (κ3) is 5.80. The number of para-hydroxylation sites is 1. The molecule has 0 saturated carbocycles. The highest BCUT2D eigenvalue weighted by atomic mass is 32.2. The molecular formula is C20H27N3O3S. The normalized spacial score (nSPS) is 12.6. The van der Waals surface area contributed by atoms with Crippen molar-refractivity contribution >= 4 is 27.3 Å². The van der Waals surface area contributed by atoms with Crippen molar-refractivity contribution in [3.05, 3.63) is 54.1 Å². The van der Waals surface area contributed by atoms with Crippen LogP contribution >= 0.6 is 0 Å². The highest BCUT2D eigenvalue weighted by Crippen LogP contribution is 2.18. The maximum Gasteiger partial charge on any atom is 0.246 e. The lowest BCUT2D eigenvalue weighted by Gasteiger charge is -2.17. The fourth-order valence-electron chi connectivity index (χ4n) is 2.61. The molecule has 0 heterocycles. The van der Waals surface area contributed by atoms with Crippen LogP contribution in [0.2, 0.25) is 0 Å². The number of hydrogen-bond acceptors (Lipinski definition) is 4. The van der Waals surface area contributed by atoms with Crippen LogP contribution in [0.25, 0.3) is 0 Å². The molecule has 2 aromatic rings. The molecule has 0 aliphatic rings. The van der Waals surface area contributed by atoms with Crippen LogP contribution in [0.3, 0.4) is 0 Å². The van der Waals surface area contributed by atoms with Gasteiger partial charge in [0.15, 0.2) is 0 Å². The van der Waals surface area contributed by atoms with Crippen molar-refractivity contribution in [3.8, 4) is 0 Å². The van der Waals surface area contributed by atoms with Gasteiger partial charge in [-0.1, -0.05) is 25.1 Å². The van der Waals surface area contributed by atoms with Crippen molar-refractivity contribution in [3.63, 3.8) is 0 Å². The van der Waals surface area contributed by atoms with Crippen LogP contribution < -0.4 is 15.4 Å². The van der Waals surface area contributed by atoms with Crippen molar-refractivity contribution in [2.75, 3.05) is 10.6 Å². The zero-order chi connectivity index (χ0) is 20.0. The van der Waals surface area contributed by atoms with Gasteiger partial charge in [0.1, 0.15) is 6.04 Å². The average molecular weight is 390 g/mol. The van der Waals surface area contributed by atoms with Crippen LogP contribution in [0.1, 0.15) is 33.3 Å². The van der Waals surface area contributed by atoms with Crippen molar-refractivity contribution < 1.29 is 13.2 Å². The standard InChI is InChI=1S/C20H27N3O3S/c1-5-16-8-6-7-9-19(16)21-15(4)20(24)22-17-10-12-18(13-11-17)27(25,26)23-14(2)3/h6-15,21,23H,5H2,1-4H3,(H,22,24)/t15-/m1/s1. The Balaban J connectivity index is 2.03. The summed E-state index contributed by atoms with van der Waals surface area (Å²) in [6.45, 7) is 7.37. The summed E-state index contributed by atoms with van der Waals surface area (Å²) in [5.74, 6) is -0.197. The minimum atomic E-state index is -3.54. The van der Waals surface area contributed by atoms with E-state index < -0.39 is 16.1 Å². The van der Waals surface area contributed by atoms with Crippen molar-refractivity contribution in [2.45, 2.75) is 51.1 Å². The van der Waals surface area contributed by atoms with Gasteiger partial charge in [0.05, 0.1) is 4.90 Å². The molecule has 1 amide bonds. The van der Waals surface area contributed by atoms with Gasteiger partial charge in [-0.3, -0.25) is 4.79 Å². The summed E-state index contributed by atoms with van der Waals surface area (Å²) >= 11 is 0. The molecule has 3 N–H and O–H groups in total. The molecule has 0 saturated heterocycles. The number of nitrogens with one attached hydrogen (secondary N) is 3. The summed E-state index contributed by atoms with van der Waals surface area (Å²) in [5.41, 5.74) is 2.62. The number of aryl methyl sites for hydroxylation is 1. The molecule has 0 aromatic heterocycles. The Morgan fingerprint density at radius 1 is 1.00 bits per heavy atom. The van der Waals surface area contributed by atoms with E-state index in [1.165, 1.54) is 12.1 Å². The van der Waals surface area contributed by atoms with Gasteiger partial charge in [0.2, 0.25) is 15.9 Å². The highest BCUT2D eigenvalue weighted by molar-refractivity contribution is 7.89. The van der Waals surface area contributed by atoms with Gasteiger partial charge in [-0.15, -0.1) is 0 Å². The molecular weight excluding hydrogens is 362 g/mol. The molecule has 2 aromatic carbocycles. The minimum Gasteiger partial charge on any atom is -0.374 e. The van der Waals surface area contributed by atoms with Crippen LogP contribution in [0, 0.1) is 0 Å². The third-order valence-electron chi connectivity index (χ3n) is 3.99. The van der Waals surface area contributed by atoms with Crippen molar-refractivity contribution in [1.29, 1.82) is 0 Å². The molecule has 2 rings (SSSR count). The topological polar surface area (TPSA) is 87.3 Å². The van der Waals surface area contributed by atoms with E-state index in [1.54, 1.807) is 32.9 Å². The molecule has 0 unspecified atom stereocenters. The number of amides is 1. The molecule has 27 heavy (non-hydrogen) atoms. The molecule has 7 heteroatoms. The van der Waals surface area contributed by atoms with E-state index in [0.717, 1.165) is 17.7 Å². The Bertz CT molecular complexity index is 878. The van der Waals surface area contributed by atoms with Gasteiger partial charge >= 0.3 is 0 Å². The molecule has 0 aliphatic carbocycles. The molecule has 0 spiro atoms. The fraction of sp³-hybridized carbons (Fsp3) is 0.350. The van der Waals surface area contributed by atoms with Gasteiger partial charge in [0.25, 0.3) is 0 Å². The second-order valence-corrected chi connectivity index (χ2v) is 8.38. The maximum atomic E-state index is 12.4. The zero-order valence-corrected chi connectivity index (χ0v) is 16.9. The SMILES string of the molecule is CCc1ccccc1N[C@H](C)C(=O)Nc1ccc(S(=O)(=O)NC(C)C)cc1. The predicted molar refractivity (Wildman–Crippen MR) is 109 cm³/mol. The Kier molecular flexibility index (Phi) is 6.98. The number of rotatable bonds is 8. The van der Waals surface area contributed by atoms with Crippen molar-refractivity contribution in [1.82, 2.24) is 4.72 Å². The molecule has 0 fully saturated rings. The maximum absolute atomic E-state index is 12.4. The number of carbonyl (C=O) groups is 1. The molecule has 0 bridgehead atoms. The Labute approximate surface area is 161 Å². The Hall–Kier alpha value is -2.38. The first-order chi connectivity index (χ1) is 12.7. The molecule has 1 atom stereocenters. The van der Waals surface area contributed by atoms with E-state index in [2.05, 4.69) is 22.3 Å². The average Bonchev–Trinajstić information content (AvgIpc) is 2.61. The predicted octanol–water partition coefficient (Wildman–Crippen LogP) is 3.37. The molecule has 0 aliphatic heterocycles. The van der Waals surface area contributed by atoms with Gasteiger partial charge in [0, 0.05) is 17.4 Å².